The van der Waals surface area contributed by atoms with Crippen molar-refractivity contribution in [1.82, 2.24) is 15.8 Å². The van der Waals surface area contributed by atoms with Crippen molar-refractivity contribution < 1.29 is 14.0 Å². The van der Waals surface area contributed by atoms with E-state index in [0.29, 0.717) is 32.1 Å². The number of H-pyrrole nitrogens is 1. The molecule has 3 aromatic carbocycles. The molecule has 0 unspecified atom stereocenters. The summed E-state index contributed by atoms with van der Waals surface area (Å²) in [5, 5.41) is 2.17. The quantitative estimate of drug-likeness (QED) is 0.234. The lowest BCUT2D eigenvalue weighted by molar-refractivity contribution is 0.0842. The van der Waals surface area contributed by atoms with Crippen molar-refractivity contribution in [3.63, 3.8) is 0 Å². The third kappa shape index (κ3) is 4.03. The van der Waals surface area contributed by atoms with Gasteiger partial charge in [0.1, 0.15) is 16.8 Å². The van der Waals surface area contributed by atoms with Gasteiger partial charge in [-0.05, 0) is 48.0 Å². The van der Waals surface area contributed by atoms with Gasteiger partial charge >= 0.3 is 5.63 Å². The number of fused-ring (bicyclic) bond motifs is 2. The molecule has 7 nitrogen and oxygen atoms in total. The van der Waals surface area contributed by atoms with Gasteiger partial charge < -0.3 is 9.40 Å². The molecule has 5 aromatic rings. The Bertz CT molecular complexity index is 1640. The van der Waals surface area contributed by atoms with Gasteiger partial charge in [-0.2, -0.15) is 0 Å². The zero-order valence-corrected chi connectivity index (χ0v) is 18.8. The Hall–Kier alpha value is -4.07. The van der Waals surface area contributed by atoms with Crippen LogP contribution in [0.4, 0.5) is 0 Å². The van der Waals surface area contributed by atoms with E-state index in [2.05, 4.69) is 15.8 Å². The smallest absolute Gasteiger partial charge is 0.349 e. The van der Waals surface area contributed by atoms with Gasteiger partial charge in [-0.25, -0.2) is 4.79 Å². The number of rotatable bonds is 3. The van der Waals surface area contributed by atoms with Crippen LogP contribution in [0.5, 0.6) is 0 Å². The Morgan fingerprint density at radius 2 is 1.53 bits per heavy atom. The number of amides is 2. The summed E-state index contributed by atoms with van der Waals surface area (Å²) in [5.41, 5.74) is 6.15. The van der Waals surface area contributed by atoms with Gasteiger partial charge in [0.15, 0.2) is 0 Å². The molecule has 2 aromatic heterocycles. The molecule has 34 heavy (non-hydrogen) atoms. The van der Waals surface area contributed by atoms with Crippen LogP contribution in [-0.2, 0) is 0 Å². The number of carbonyl (C=O) groups excluding carboxylic acids is 2. The first kappa shape index (κ1) is 21.8. The highest BCUT2D eigenvalue weighted by Gasteiger charge is 2.21. The van der Waals surface area contributed by atoms with E-state index in [1.807, 2.05) is 30.3 Å². The van der Waals surface area contributed by atoms with Crippen LogP contribution in [-0.4, -0.2) is 16.8 Å². The molecule has 0 aliphatic rings. The molecule has 3 N–H and O–H groups in total. The normalized spacial score (nSPS) is 11.0. The highest BCUT2D eigenvalue weighted by atomic mass is 35.5. The van der Waals surface area contributed by atoms with Gasteiger partial charge in [-0.3, -0.25) is 20.4 Å². The van der Waals surface area contributed by atoms with Crippen LogP contribution in [0.1, 0.15) is 20.8 Å². The van der Waals surface area contributed by atoms with E-state index in [1.54, 1.807) is 30.3 Å². The average Bonchev–Trinajstić information content (AvgIpc) is 3.21. The molecule has 0 aliphatic carbocycles. The number of hydrazine groups is 1. The van der Waals surface area contributed by atoms with Crippen molar-refractivity contribution in [1.29, 1.82) is 0 Å². The van der Waals surface area contributed by atoms with Crippen LogP contribution >= 0.6 is 23.2 Å². The molecule has 0 bridgehead atoms. The molecule has 0 radical (unpaired) electrons. The summed E-state index contributed by atoms with van der Waals surface area (Å²) in [6.45, 7) is 0. The first-order valence-corrected chi connectivity index (χ1v) is 10.9. The molecule has 0 aliphatic heterocycles. The van der Waals surface area contributed by atoms with Gasteiger partial charge in [0.2, 0.25) is 0 Å². The summed E-state index contributed by atoms with van der Waals surface area (Å²) in [7, 11) is 0. The number of aromatic amines is 1. The zero-order valence-electron chi connectivity index (χ0n) is 17.3. The molecule has 0 saturated heterocycles. The van der Waals surface area contributed by atoms with E-state index >= 15 is 0 Å². The van der Waals surface area contributed by atoms with Crippen LogP contribution in [0.3, 0.4) is 0 Å². The van der Waals surface area contributed by atoms with Crippen LogP contribution < -0.4 is 16.5 Å². The van der Waals surface area contributed by atoms with E-state index in [-0.39, 0.29) is 11.3 Å². The van der Waals surface area contributed by atoms with Gasteiger partial charge in [-0.15, -0.1) is 0 Å². The minimum absolute atomic E-state index is 0.223. The second-order valence-electron chi connectivity index (χ2n) is 7.47. The fourth-order valence-electron chi connectivity index (χ4n) is 3.74. The molecule has 0 atom stereocenters. The number of nitrogens with one attached hydrogen (secondary N) is 3. The van der Waals surface area contributed by atoms with Crippen molar-refractivity contribution in [2.75, 3.05) is 0 Å². The molecule has 2 heterocycles. The minimum atomic E-state index is -0.841. The van der Waals surface area contributed by atoms with E-state index in [9.17, 15) is 14.4 Å². The summed E-state index contributed by atoms with van der Waals surface area (Å²) in [4.78, 5) is 41.1. The third-order valence-electron chi connectivity index (χ3n) is 5.28. The standard InChI is InChI=1S/C25H15Cl2N3O4/c26-15-7-9-20-14(10-15)11-18(25(33)34-20)23(31)29-30-24(32)22-21(13-4-2-1-3-5-13)17-12-16(27)6-8-19(17)28-22/h1-12,28H,(H,29,31)(H,30,32). The molecule has 0 saturated carbocycles. The number of hydrogen-bond donors (Lipinski definition) is 3. The lowest BCUT2D eigenvalue weighted by atomic mass is 10.0. The average molecular weight is 492 g/mol. The van der Waals surface area contributed by atoms with Crippen molar-refractivity contribution in [2.24, 2.45) is 0 Å². The zero-order chi connectivity index (χ0) is 23.8. The summed E-state index contributed by atoms with van der Waals surface area (Å²) < 4.78 is 5.18. The van der Waals surface area contributed by atoms with Crippen molar-refractivity contribution in [3.05, 3.63) is 105 Å². The highest BCUT2D eigenvalue weighted by Crippen LogP contribution is 2.34. The maximum Gasteiger partial charge on any atom is 0.349 e. The Balaban J connectivity index is 1.46. The highest BCUT2D eigenvalue weighted by molar-refractivity contribution is 6.32. The molecule has 0 spiro atoms. The number of benzene rings is 3. The lowest BCUT2D eigenvalue weighted by Gasteiger charge is -2.09. The van der Waals surface area contributed by atoms with Crippen molar-refractivity contribution in [2.45, 2.75) is 0 Å². The molecule has 168 valence electrons. The maximum absolute atomic E-state index is 13.1. The lowest BCUT2D eigenvalue weighted by Crippen LogP contribution is -2.43. The Kier molecular flexibility index (Phi) is 5.57. The topological polar surface area (TPSA) is 104 Å². The largest absolute Gasteiger partial charge is 0.422 e. The van der Waals surface area contributed by atoms with Gasteiger partial charge in [0, 0.05) is 31.9 Å². The SMILES string of the molecule is O=C(NNC(=O)c1cc2cc(Cl)ccc2oc1=O)c1[nH]c2ccc(Cl)cc2c1-c1ccccc1. The molecule has 9 heteroatoms. The summed E-state index contributed by atoms with van der Waals surface area (Å²) in [5.74, 6) is -1.43. The second-order valence-corrected chi connectivity index (χ2v) is 8.34. The maximum atomic E-state index is 13.1. The number of hydrogen-bond acceptors (Lipinski definition) is 4. The third-order valence-corrected chi connectivity index (χ3v) is 5.75. The molecular weight excluding hydrogens is 477 g/mol. The Morgan fingerprint density at radius 1 is 0.824 bits per heavy atom. The van der Waals surface area contributed by atoms with E-state index in [1.165, 1.54) is 12.1 Å². The fraction of sp³-hybridized carbons (Fsp3) is 0. The predicted octanol–water partition coefficient (Wildman–Crippen LogP) is 5.32. The van der Waals surface area contributed by atoms with E-state index in [4.69, 9.17) is 27.6 Å². The van der Waals surface area contributed by atoms with Gasteiger partial charge in [-0.1, -0.05) is 53.5 Å². The molecular formula is C25H15Cl2N3O4. The van der Waals surface area contributed by atoms with Crippen molar-refractivity contribution >= 4 is 56.9 Å². The molecule has 5 rings (SSSR count). The number of carbonyl (C=O) groups is 2. The second kappa shape index (κ2) is 8.70. The van der Waals surface area contributed by atoms with Crippen LogP contribution in [0.25, 0.3) is 33.0 Å². The minimum Gasteiger partial charge on any atom is -0.422 e. The number of aromatic nitrogens is 1. The first-order valence-electron chi connectivity index (χ1n) is 10.1. The predicted molar refractivity (Wildman–Crippen MR) is 131 cm³/mol. The van der Waals surface area contributed by atoms with E-state index in [0.717, 1.165) is 10.9 Å². The van der Waals surface area contributed by atoms with Crippen LogP contribution in [0, 0.1) is 0 Å². The fourth-order valence-corrected chi connectivity index (χ4v) is 4.09. The van der Waals surface area contributed by atoms with Crippen LogP contribution in [0.15, 0.2) is 82.0 Å². The van der Waals surface area contributed by atoms with Gasteiger partial charge in [0.05, 0.1) is 0 Å². The van der Waals surface area contributed by atoms with Crippen LogP contribution in [0.2, 0.25) is 10.0 Å². The summed E-state index contributed by atoms with van der Waals surface area (Å²) >= 11 is 12.2. The van der Waals surface area contributed by atoms with Crippen molar-refractivity contribution in [3.8, 4) is 11.1 Å². The Labute approximate surface area is 202 Å². The summed E-state index contributed by atoms with van der Waals surface area (Å²) in [6.07, 6.45) is 0. The monoisotopic (exact) mass is 491 g/mol. The molecule has 2 amide bonds. The molecule has 0 fully saturated rings. The van der Waals surface area contributed by atoms with Gasteiger partial charge in [0.25, 0.3) is 11.8 Å². The first-order chi connectivity index (χ1) is 16.4. The summed E-state index contributed by atoms with van der Waals surface area (Å²) in [6, 6.07) is 20.6. The number of halogens is 2. The Morgan fingerprint density at radius 3 is 2.32 bits per heavy atom. The van der Waals surface area contributed by atoms with E-state index < -0.39 is 17.4 Å².